The molecule has 140 valence electrons. The number of amides is 1. The molecule has 1 amide bonds. The molecule has 2 aromatic heterocycles. The van der Waals surface area contributed by atoms with Gasteiger partial charge in [-0.3, -0.25) is 9.79 Å². The summed E-state index contributed by atoms with van der Waals surface area (Å²) in [4.78, 5) is 23.1. The third-order valence-corrected chi connectivity index (χ3v) is 4.11. The van der Waals surface area contributed by atoms with E-state index in [1.807, 2.05) is 30.3 Å². The third kappa shape index (κ3) is 4.79. The monoisotopic (exact) mass is 394 g/mol. The summed E-state index contributed by atoms with van der Waals surface area (Å²) in [6, 6.07) is 9.20. The Bertz CT molecular complexity index is 964. The minimum atomic E-state index is -4.56. The number of rotatable bonds is 4. The first-order valence-electron chi connectivity index (χ1n) is 7.68. The first-order valence-corrected chi connectivity index (χ1v) is 8.56. The zero-order chi connectivity index (χ0) is 19.4. The normalized spacial score (nSPS) is 12.2. The molecule has 0 spiro atoms. The van der Waals surface area contributed by atoms with Crippen molar-refractivity contribution in [2.45, 2.75) is 19.6 Å². The fourth-order valence-electron chi connectivity index (χ4n) is 2.09. The zero-order valence-electron chi connectivity index (χ0n) is 13.9. The quantitative estimate of drug-likeness (QED) is 0.538. The molecule has 0 saturated carbocycles. The molecule has 3 rings (SSSR count). The smallest absolute Gasteiger partial charge is 0.434 e. The van der Waals surface area contributed by atoms with Crippen molar-refractivity contribution in [1.82, 2.24) is 15.3 Å². The van der Waals surface area contributed by atoms with E-state index in [1.54, 1.807) is 0 Å². The fourth-order valence-corrected chi connectivity index (χ4v) is 2.88. The number of alkyl halides is 3. The molecule has 1 aromatic carbocycles. The number of hydrogen-bond acceptors (Lipinski definition) is 6. The number of oxazole rings is 1. The van der Waals surface area contributed by atoms with Crippen molar-refractivity contribution in [2.24, 2.45) is 4.99 Å². The predicted molar refractivity (Wildman–Crippen MR) is 93.1 cm³/mol. The molecule has 0 radical (unpaired) electrons. The average molecular weight is 394 g/mol. The number of thiazole rings is 1. The van der Waals surface area contributed by atoms with Crippen LogP contribution in [0.25, 0.3) is 11.5 Å². The number of nitrogens with one attached hydrogen (secondary N) is 1. The van der Waals surface area contributed by atoms with Crippen molar-refractivity contribution in [3.8, 4) is 11.5 Å². The Balaban J connectivity index is 1.82. The van der Waals surface area contributed by atoms with Gasteiger partial charge in [-0.2, -0.15) is 13.2 Å². The Morgan fingerprint density at radius 3 is 2.67 bits per heavy atom. The van der Waals surface area contributed by atoms with E-state index in [-0.39, 0.29) is 17.4 Å². The molecule has 6 nitrogen and oxygen atoms in total. The average Bonchev–Trinajstić information content (AvgIpc) is 3.28. The molecule has 0 aliphatic carbocycles. The summed E-state index contributed by atoms with van der Waals surface area (Å²) < 4.78 is 43.8. The number of carbonyl (C=O) groups excluding carboxylic acids is 1. The lowest BCUT2D eigenvalue weighted by Gasteiger charge is -2.04. The molecular weight excluding hydrogens is 381 g/mol. The van der Waals surface area contributed by atoms with E-state index in [9.17, 15) is 18.0 Å². The van der Waals surface area contributed by atoms with Crippen molar-refractivity contribution in [3.63, 3.8) is 0 Å². The number of amidine groups is 1. The first-order chi connectivity index (χ1) is 12.8. The first kappa shape index (κ1) is 18.8. The van der Waals surface area contributed by atoms with Crippen LogP contribution in [0.5, 0.6) is 0 Å². The second-order valence-corrected chi connectivity index (χ2v) is 6.24. The van der Waals surface area contributed by atoms with Crippen molar-refractivity contribution in [3.05, 3.63) is 58.4 Å². The summed E-state index contributed by atoms with van der Waals surface area (Å²) in [7, 11) is 0. The van der Waals surface area contributed by atoms with Crippen LogP contribution in [0.2, 0.25) is 0 Å². The minimum Gasteiger partial charge on any atom is -0.439 e. The SMILES string of the molecule is CC(=O)NC(=NCc1cnc(-c2ccccc2)o1)c1nc(C(F)(F)F)cs1. The van der Waals surface area contributed by atoms with Gasteiger partial charge >= 0.3 is 6.18 Å². The number of aromatic nitrogens is 2. The molecule has 0 fully saturated rings. The van der Waals surface area contributed by atoms with Crippen LogP contribution in [0.4, 0.5) is 13.2 Å². The summed E-state index contributed by atoms with van der Waals surface area (Å²) in [5, 5.41) is 3.23. The van der Waals surface area contributed by atoms with Gasteiger partial charge in [-0.25, -0.2) is 9.97 Å². The van der Waals surface area contributed by atoms with E-state index in [4.69, 9.17) is 4.42 Å². The van der Waals surface area contributed by atoms with Crippen molar-refractivity contribution >= 4 is 23.1 Å². The highest BCUT2D eigenvalue weighted by Gasteiger charge is 2.34. The van der Waals surface area contributed by atoms with Gasteiger partial charge in [0.25, 0.3) is 0 Å². The molecular formula is C17H13F3N4O2S. The maximum absolute atomic E-state index is 12.7. The van der Waals surface area contributed by atoms with Gasteiger partial charge in [-0.05, 0) is 12.1 Å². The minimum absolute atomic E-state index is 0.0175. The van der Waals surface area contributed by atoms with E-state index in [0.717, 1.165) is 22.3 Å². The molecule has 0 atom stereocenters. The summed E-state index contributed by atoms with van der Waals surface area (Å²) in [6.07, 6.45) is -3.09. The van der Waals surface area contributed by atoms with E-state index in [1.165, 1.54) is 13.1 Å². The lowest BCUT2D eigenvalue weighted by atomic mass is 10.2. The van der Waals surface area contributed by atoms with E-state index in [2.05, 4.69) is 20.3 Å². The van der Waals surface area contributed by atoms with Crippen molar-refractivity contribution in [2.75, 3.05) is 0 Å². The van der Waals surface area contributed by atoms with Gasteiger partial charge in [0.15, 0.2) is 16.5 Å². The number of aliphatic imine (C=N–C) groups is 1. The van der Waals surface area contributed by atoms with Crippen LogP contribution in [0.15, 0.2) is 51.3 Å². The van der Waals surface area contributed by atoms with Crippen LogP contribution in [-0.4, -0.2) is 21.7 Å². The highest BCUT2D eigenvalue weighted by molar-refractivity contribution is 7.11. The van der Waals surface area contributed by atoms with Crippen molar-refractivity contribution in [1.29, 1.82) is 0 Å². The van der Waals surface area contributed by atoms with Gasteiger partial charge < -0.3 is 9.73 Å². The van der Waals surface area contributed by atoms with Crippen LogP contribution >= 0.6 is 11.3 Å². The van der Waals surface area contributed by atoms with Crippen LogP contribution in [0.1, 0.15) is 23.4 Å². The van der Waals surface area contributed by atoms with Crippen LogP contribution in [0, 0.1) is 0 Å². The largest absolute Gasteiger partial charge is 0.439 e. The summed E-state index contributed by atoms with van der Waals surface area (Å²) in [6.45, 7) is 1.21. The zero-order valence-corrected chi connectivity index (χ0v) is 14.8. The molecule has 0 saturated heterocycles. The number of hydrogen-bond donors (Lipinski definition) is 1. The fraction of sp³-hybridized carbons (Fsp3) is 0.176. The lowest BCUT2D eigenvalue weighted by Crippen LogP contribution is -2.29. The number of carbonyl (C=O) groups is 1. The molecule has 1 N–H and O–H groups in total. The molecule has 27 heavy (non-hydrogen) atoms. The molecule has 10 heteroatoms. The van der Waals surface area contributed by atoms with Gasteiger partial charge in [-0.15, -0.1) is 11.3 Å². The van der Waals surface area contributed by atoms with Crippen LogP contribution in [0.3, 0.4) is 0 Å². The topological polar surface area (TPSA) is 80.4 Å². The Hall–Kier alpha value is -3.01. The van der Waals surface area contributed by atoms with Gasteiger partial charge in [0.05, 0.1) is 6.20 Å². The van der Waals surface area contributed by atoms with Gasteiger partial charge in [0.2, 0.25) is 11.8 Å². The van der Waals surface area contributed by atoms with Gasteiger partial charge in [-0.1, -0.05) is 18.2 Å². The number of halogens is 3. The highest BCUT2D eigenvalue weighted by Crippen LogP contribution is 2.30. The van der Waals surface area contributed by atoms with E-state index >= 15 is 0 Å². The maximum Gasteiger partial charge on any atom is 0.434 e. The number of nitrogens with zero attached hydrogens (tertiary/aromatic N) is 3. The van der Waals surface area contributed by atoms with Gasteiger partial charge in [0.1, 0.15) is 12.3 Å². The second-order valence-electron chi connectivity index (χ2n) is 5.38. The van der Waals surface area contributed by atoms with Crippen LogP contribution < -0.4 is 5.32 Å². The number of benzene rings is 1. The standard InChI is InChI=1S/C17H13F3N4O2S/c1-10(25)23-14(16-24-13(9-27-16)17(18,19)20)21-7-12-8-22-15(26-12)11-5-3-2-4-6-11/h2-6,8-9H,7H2,1H3,(H,21,23,25). The summed E-state index contributed by atoms with van der Waals surface area (Å²) in [5.41, 5.74) is -0.254. The molecule has 2 heterocycles. The molecule has 0 aliphatic rings. The highest BCUT2D eigenvalue weighted by atomic mass is 32.1. The summed E-state index contributed by atoms with van der Waals surface area (Å²) >= 11 is 0.741. The molecule has 3 aromatic rings. The molecule has 0 unspecified atom stereocenters. The molecule has 0 bridgehead atoms. The molecule has 0 aliphatic heterocycles. The summed E-state index contributed by atoms with van der Waals surface area (Å²) in [5.74, 6) is 0.264. The van der Waals surface area contributed by atoms with E-state index < -0.39 is 17.8 Å². The maximum atomic E-state index is 12.7. The van der Waals surface area contributed by atoms with Crippen LogP contribution in [-0.2, 0) is 17.5 Å². The van der Waals surface area contributed by atoms with Gasteiger partial charge in [0, 0.05) is 17.9 Å². The third-order valence-electron chi connectivity index (χ3n) is 3.26. The Labute approximate surface area is 155 Å². The second kappa shape index (κ2) is 7.70. The van der Waals surface area contributed by atoms with Crippen molar-refractivity contribution < 1.29 is 22.4 Å². The Kier molecular flexibility index (Phi) is 5.36. The Morgan fingerprint density at radius 2 is 2.04 bits per heavy atom. The van der Waals surface area contributed by atoms with E-state index in [0.29, 0.717) is 11.7 Å². The predicted octanol–water partition coefficient (Wildman–Crippen LogP) is 3.90. The lowest BCUT2D eigenvalue weighted by molar-refractivity contribution is -0.140. The Morgan fingerprint density at radius 1 is 1.30 bits per heavy atom.